The van der Waals surface area contributed by atoms with Crippen LogP contribution in [0.4, 0.5) is 0 Å². The number of para-hydroxylation sites is 1. The molecule has 10 aromatic rings. The van der Waals surface area contributed by atoms with Crippen molar-refractivity contribution >= 4 is 43.7 Å². The summed E-state index contributed by atoms with van der Waals surface area (Å²) >= 11 is 0. The van der Waals surface area contributed by atoms with E-state index >= 15 is 0 Å². The van der Waals surface area contributed by atoms with Crippen LogP contribution >= 0.6 is 0 Å². The third kappa shape index (κ3) is 4.83. The molecule has 0 saturated carbocycles. The Morgan fingerprint density at radius 3 is 1.72 bits per heavy atom. The quantitative estimate of drug-likeness (QED) is 0.187. The Balaban J connectivity index is 1.14. The van der Waals surface area contributed by atoms with Crippen LogP contribution in [-0.2, 0) is 0 Å². The zero-order valence-electron chi connectivity index (χ0n) is 26.7. The van der Waals surface area contributed by atoms with Gasteiger partial charge in [0.15, 0.2) is 17.5 Å². The second-order valence-corrected chi connectivity index (χ2v) is 12.5. The number of hydrogen-bond acceptors (Lipinski definition) is 5. The number of fused-ring (bicyclic) bond motifs is 5. The minimum atomic E-state index is 0.589. The summed E-state index contributed by atoms with van der Waals surface area (Å²) in [7, 11) is 0. The number of hydrogen-bond donors (Lipinski definition) is 0. The van der Waals surface area contributed by atoms with Gasteiger partial charge in [-0.15, -0.1) is 0 Å². The summed E-state index contributed by atoms with van der Waals surface area (Å²) in [5.74, 6) is 2.60. The largest absolute Gasteiger partial charge is 0.456 e. The minimum absolute atomic E-state index is 0.589. The highest BCUT2D eigenvalue weighted by Gasteiger charge is 2.18. The fourth-order valence-electron chi connectivity index (χ4n) is 6.81. The van der Waals surface area contributed by atoms with Gasteiger partial charge in [0.05, 0.1) is 0 Å². The van der Waals surface area contributed by atoms with E-state index < -0.39 is 0 Å². The zero-order chi connectivity index (χ0) is 33.0. The molecule has 0 saturated heterocycles. The van der Waals surface area contributed by atoms with Gasteiger partial charge in [0, 0.05) is 38.4 Å². The maximum Gasteiger partial charge on any atom is 0.164 e. The Bertz CT molecular complexity index is 2840. The van der Waals surface area contributed by atoms with Crippen LogP contribution < -0.4 is 0 Å². The Morgan fingerprint density at radius 1 is 0.320 bits per heavy atom. The second kappa shape index (κ2) is 11.4. The lowest BCUT2D eigenvalue weighted by molar-refractivity contribution is 0.631. The molecule has 0 aliphatic carbocycles. The molecule has 0 fully saturated rings. The van der Waals surface area contributed by atoms with Crippen molar-refractivity contribution in [2.45, 2.75) is 0 Å². The molecule has 0 bridgehead atoms. The van der Waals surface area contributed by atoms with Crippen molar-refractivity contribution in [1.29, 1.82) is 0 Å². The predicted octanol–water partition coefficient (Wildman–Crippen LogP) is 12.0. The van der Waals surface area contributed by atoms with Gasteiger partial charge in [-0.05, 0) is 64.4 Å². The molecule has 10 rings (SSSR count). The van der Waals surface area contributed by atoms with Crippen molar-refractivity contribution in [2.75, 3.05) is 0 Å². The fourth-order valence-corrected chi connectivity index (χ4v) is 6.81. The first-order chi connectivity index (χ1) is 24.7. The van der Waals surface area contributed by atoms with Crippen LogP contribution in [0.2, 0.25) is 0 Å². The molecule has 0 aliphatic rings. The summed E-state index contributed by atoms with van der Waals surface area (Å²) in [6.07, 6.45) is 0. The Morgan fingerprint density at radius 2 is 0.920 bits per heavy atom. The SMILES string of the molecule is c1ccc(-c2ccccc2-c2nc(-c3ccc(-c4cc5ccccc5o4)cc3)nc(-c3ccc4oc5cc6ccccc6cc5c4c3)n2)cc1. The van der Waals surface area contributed by atoms with E-state index in [0.29, 0.717) is 17.5 Å². The first-order valence-electron chi connectivity index (χ1n) is 16.6. The van der Waals surface area contributed by atoms with Crippen LogP contribution in [0.5, 0.6) is 0 Å². The second-order valence-electron chi connectivity index (χ2n) is 12.5. The highest BCUT2D eigenvalue weighted by molar-refractivity contribution is 6.10. The molecule has 3 aromatic heterocycles. The minimum Gasteiger partial charge on any atom is -0.456 e. The molecule has 0 radical (unpaired) electrons. The number of furan rings is 2. The summed E-state index contributed by atoms with van der Waals surface area (Å²) in [5, 5.41) is 5.47. The van der Waals surface area contributed by atoms with Gasteiger partial charge in [-0.1, -0.05) is 121 Å². The van der Waals surface area contributed by atoms with Crippen molar-refractivity contribution in [1.82, 2.24) is 15.0 Å². The molecule has 5 nitrogen and oxygen atoms in total. The average molecular weight is 642 g/mol. The maximum absolute atomic E-state index is 6.31. The Kier molecular flexibility index (Phi) is 6.42. The van der Waals surface area contributed by atoms with Crippen molar-refractivity contribution in [3.8, 4) is 56.6 Å². The summed E-state index contributed by atoms with van der Waals surface area (Å²) in [6.45, 7) is 0. The van der Waals surface area contributed by atoms with Gasteiger partial charge in [0.25, 0.3) is 0 Å². The molecule has 0 amide bonds. The lowest BCUT2D eigenvalue weighted by atomic mass is 9.99. The monoisotopic (exact) mass is 641 g/mol. The van der Waals surface area contributed by atoms with Gasteiger partial charge in [-0.25, -0.2) is 15.0 Å². The average Bonchev–Trinajstić information content (AvgIpc) is 3.78. The molecule has 234 valence electrons. The topological polar surface area (TPSA) is 65.0 Å². The van der Waals surface area contributed by atoms with E-state index in [1.807, 2.05) is 78.9 Å². The lowest BCUT2D eigenvalue weighted by Crippen LogP contribution is -2.01. The van der Waals surface area contributed by atoms with E-state index in [9.17, 15) is 0 Å². The first-order valence-corrected chi connectivity index (χ1v) is 16.6. The molecule has 0 spiro atoms. The molecule has 0 aliphatic heterocycles. The van der Waals surface area contributed by atoms with Crippen LogP contribution in [-0.4, -0.2) is 15.0 Å². The zero-order valence-corrected chi connectivity index (χ0v) is 26.7. The van der Waals surface area contributed by atoms with Crippen molar-refractivity contribution in [3.63, 3.8) is 0 Å². The highest BCUT2D eigenvalue weighted by atomic mass is 16.3. The van der Waals surface area contributed by atoms with Gasteiger partial charge in [-0.3, -0.25) is 0 Å². The smallest absolute Gasteiger partial charge is 0.164 e. The Labute approximate surface area is 287 Å². The van der Waals surface area contributed by atoms with Gasteiger partial charge >= 0.3 is 0 Å². The molecule has 0 N–H and O–H groups in total. The van der Waals surface area contributed by atoms with Gasteiger partial charge in [0.1, 0.15) is 22.5 Å². The van der Waals surface area contributed by atoms with E-state index in [1.54, 1.807) is 0 Å². The molecule has 50 heavy (non-hydrogen) atoms. The van der Waals surface area contributed by atoms with E-state index in [-0.39, 0.29) is 0 Å². The molecule has 5 heteroatoms. The number of nitrogens with zero attached hydrogens (tertiary/aromatic N) is 3. The lowest BCUT2D eigenvalue weighted by Gasteiger charge is -2.12. The van der Waals surface area contributed by atoms with E-state index in [0.717, 1.165) is 77.4 Å². The number of benzene rings is 7. The highest BCUT2D eigenvalue weighted by Crippen LogP contribution is 2.37. The first kappa shape index (κ1) is 28.2. The fraction of sp³-hybridized carbons (Fsp3) is 0. The normalized spacial score (nSPS) is 11.6. The van der Waals surface area contributed by atoms with Gasteiger partial charge in [-0.2, -0.15) is 0 Å². The van der Waals surface area contributed by atoms with Crippen molar-refractivity contribution in [2.24, 2.45) is 0 Å². The molecule has 3 heterocycles. The van der Waals surface area contributed by atoms with Crippen LogP contribution in [0.15, 0.2) is 173 Å². The van der Waals surface area contributed by atoms with Crippen molar-refractivity contribution in [3.05, 3.63) is 164 Å². The van der Waals surface area contributed by atoms with Crippen LogP contribution in [0.25, 0.3) is 100 Å². The van der Waals surface area contributed by atoms with Gasteiger partial charge in [0.2, 0.25) is 0 Å². The van der Waals surface area contributed by atoms with Crippen molar-refractivity contribution < 1.29 is 8.83 Å². The standard InChI is InChI=1S/C45H27N3O2/c1-2-10-28(11-3-1)35-15-7-8-16-36(35)45-47-43(30-20-18-29(19-21-30)41-27-33-14-6-9-17-39(33)49-41)46-44(48-45)34-22-23-40-37(25-34)38-24-31-12-4-5-13-32(31)26-42(38)50-40/h1-27H. The summed E-state index contributed by atoms with van der Waals surface area (Å²) < 4.78 is 12.5. The molecule has 0 unspecified atom stereocenters. The number of aromatic nitrogens is 3. The van der Waals surface area contributed by atoms with E-state index in [4.69, 9.17) is 23.8 Å². The van der Waals surface area contributed by atoms with Gasteiger partial charge < -0.3 is 8.83 Å². The maximum atomic E-state index is 6.31. The third-order valence-electron chi connectivity index (χ3n) is 9.34. The van der Waals surface area contributed by atoms with Crippen LogP contribution in [0.3, 0.4) is 0 Å². The molecular formula is C45H27N3O2. The molecule has 7 aromatic carbocycles. The Hall–Kier alpha value is -6.85. The summed E-state index contributed by atoms with van der Waals surface area (Å²) in [4.78, 5) is 15.3. The number of rotatable bonds is 5. The van der Waals surface area contributed by atoms with Crippen LogP contribution in [0.1, 0.15) is 0 Å². The molecular weight excluding hydrogens is 615 g/mol. The van der Waals surface area contributed by atoms with E-state index in [2.05, 4.69) is 84.9 Å². The van der Waals surface area contributed by atoms with E-state index in [1.165, 1.54) is 5.39 Å². The summed E-state index contributed by atoms with van der Waals surface area (Å²) in [6, 6.07) is 55.8. The summed E-state index contributed by atoms with van der Waals surface area (Å²) in [5.41, 5.74) is 8.38. The van der Waals surface area contributed by atoms with Crippen LogP contribution in [0, 0.1) is 0 Å². The predicted molar refractivity (Wildman–Crippen MR) is 202 cm³/mol. The molecule has 0 atom stereocenters. The third-order valence-corrected chi connectivity index (χ3v) is 9.34.